The van der Waals surface area contributed by atoms with Gasteiger partial charge in [-0.1, -0.05) is 6.07 Å². The van der Waals surface area contributed by atoms with Crippen LogP contribution in [0.15, 0.2) is 22.7 Å². The molecule has 0 N–H and O–H groups in total. The molecule has 1 atom stereocenters. The van der Waals surface area contributed by atoms with Gasteiger partial charge in [-0.3, -0.25) is 9.69 Å². The van der Waals surface area contributed by atoms with Crippen LogP contribution in [0, 0.1) is 0 Å². The number of likely N-dealkylation sites (tertiary alicyclic amines) is 1. The number of hydrogen-bond acceptors (Lipinski definition) is 4. The summed E-state index contributed by atoms with van der Waals surface area (Å²) in [4.78, 5) is 13.9. The van der Waals surface area contributed by atoms with Gasteiger partial charge in [-0.2, -0.15) is 0 Å². The predicted octanol–water partition coefficient (Wildman–Crippen LogP) is 2.60. The molecule has 1 fully saturated rings. The highest BCUT2D eigenvalue weighted by atomic mass is 79.9. The van der Waals surface area contributed by atoms with Crippen LogP contribution in [0.2, 0.25) is 0 Å². The maximum absolute atomic E-state index is 11.7. The van der Waals surface area contributed by atoms with Gasteiger partial charge in [0.05, 0.1) is 18.7 Å². The molecule has 1 saturated heterocycles. The number of benzene rings is 1. The summed E-state index contributed by atoms with van der Waals surface area (Å²) in [6.07, 6.45) is 1.92. The highest BCUT2D eigenvalue weighted by Crippen LogP contribution is 2.27. The Morgan fingerprint density at radius 1 is 1.47 bits per heavy atom. The van der Waals surface area contributed by atoms with Gasteiger partial charge in [0.1, 0.15) is 11.8 Å². The third kappa shape index (κ3) is 3.28. The molecule has 19 heavy (non-hydrogen) atoms. The molecule has 0 amide bonds. The van der Waals surface area contributed by atoms with Crippen LogP contribution in [0.4, 0.5) is 0 Å². The molecule has 1 aromatic carbocycles. The molecule has 1 unspecified atom stereocenters. The Labute approximate surface area is 121 Å². The van der Waals surface area contributed by atoms with Crippen LogP contribution in [-0.2, 0) is 16.1 Å². The van der Waals surface area contributed by atoms with E-state index in [2.05, 4.69) is 20.8 Å². The van der Waals surface area contributed by atoms with Crippen molar-refractivity contribution in [3.63, 3.8) is 0 Å². The number of hydrogen-bond donors (Lipinski definition) is 0. The van der Waals surface area contributed by atoms with Crippen molar-refractivity contribution in [1.29, 1.82) is 0 Å². The van der Waals surface area contributed by atoms with Gasteiger partial charge in [-0.15, -0.1) is 0 Å². The lowest BCUT2D eigenvalue weighted by Crippen LogP contribution is -2.36. The molecule has 5 heteroatoms. The molecule has 2 rings (SSSR count). The summed E-state index contributed by atoms with van der Waals surface area (Å²) < 4.78 is 11.0. The topological polar surface area (TPSA) is 38.8 Å². The fourth-order valence-electron chi connectivity index (χ4n) is 2.46. The van der Waals surface area contributed by atoms with Crippen LogP contribution in [-0.4, -0.2) is 37.7 Å². The average molecular weight is 328 g/mol. The minimum atomic E-state index is -0.134. The zero-order valence-corrected chi connectivity index (χ0v) is 12.8. The molecule has 4 nitrogen and oxygen atoms in total. The molecule has 0 spiro atoms. The first-order valence-electron chi connectivity index (χ1n) is 6.30. The summed E-state index contributed by atoms with van der Waals surface area (Å²) in [5, 5.41) is 0. The molecule has 1 aromatic rings. The van der Waals surface area contributed by atoms with Gasteiger partial charge >= 0.3 is 5.97 Å². The van der Waals surface area contributed by atoms with E-state index in [-0.39, 0.29) is 12.0 Å². The van der Waals surface area contributed by atoms with Gasteiger partial charge in [-0.25, -0.2) is 0 Å². The molecule has 0 aliphatic carbocycles. The summed E-state index contributed by atoms with van der Waals surface area (Å²) in [6.45, 7) is 1.69. The predicted molar refractivity (Wildman–Crippen MR) is 76.1 cm³/mol. The molecular weight excluding hydrogens is 310 g/mol. The van der Waals surface area contributed by atoms with E-state index in [0.717, 1.165) is 41.7 Å². The monoisotopic (exact) mass is 327 g/mol. The third-order valence-electron chi connectivity index (χ3n) is 3.44. The second-order valence-electron chi connectivity index (χ2n) is 4.62. The zero-order chi connectivity index (χ0) is 13.8. The Morgan fingerprint density at radius 2 is 2.26 bits per heavy atom. The largest absolute Gasteiger partial charge is 0.496 e. The lowest BCUT2D eigenvalue weighted by molar-refractivity contribution is -0.146. The van der Waals surface area contributed by atoms with E-state index in [0.29, 0.717) is 0 Å². The summed E-state index contributed by atoms with van der Waals surface area (Å²) in [5.74, 6) is 0.680. The lowest BCUT2D eigenvalue weighted by Gasteiger charge is -2.22. The molecule has 0 aromatic heterocycles. The first kappa shape index (κ1) is 14.3. The third-order valence-corrected chi connectivity index (χ3v) is 4.06. The van der Waals surface area contributed by atoms with E-state index >= 15 is 0 Å². The fourth-order valence-corrected chi connectivity index (χ4v) is 3.05. The molecule has 104 valence electrons. The van der Waals surface area contributed by atoms with Crippen molar-refractivity contribution in [3.05, 3.63) is 28.2 Å². The normalized spacial score (nSPS) is 19.4. The summed E-state index contributed by atoms with van der Waals surface area (Å²) in [6, 6.07) is 5.88. The fraction of sp³-hybridized carbons (Fsp3) is 0.500. The first-order valence-corrected chi connectivity index (χ1v) is 7.09. The van der Waals surface area contributed by atoms with E-state index in [1.54, 1.807) is 7.11 Å². The van der Waals surface area contributed by atoms with Crippen LogP contribution < -0.4 is 4.74 Å². The van der Waals surface area contributed by atoms with E-state index in [1.165, 1.54) is 7.11 Å². The summed E-state index contributed by atoms with van der Waals surface area (Å²) in [7, 11) is 3.09. The van der Waals surface area contributed by atoms with Gasteiger partial charge in [0.25, 0.3) is 0 Å². The number of nitrogens with zero attached hydrogens (tertiary/aromatic N) is 1. The summed E-state index contributed by atoms with van der Waals surface area (Å²) in [5.41, 5.74) is 1.16. The number of carbonyl (C=O) groups is 1. The second kappa shape index (κ2) is 6.39. The standard InChI is InChI=1S/C14H18BrNO3/c1-18-13-6-5-10(8-11(13)15)9-16-7-3-4-12(16)14(17)19-2/h5-6,8,12H,3-4,7,9H2,1-2H3. The lowest BCUT2D eigenvalue weighted by atomic mass is 10.2. The number of methoxy groups -OCH3 is 2. The maximum Gasteiger partial charge on any atom is 0.323 e. The van der Waals surface area contributed by atoms with Crippen LogP contribution in [0.5, 0.6) is 5.75 Å². The number of halogens is 1. The van der Waals surface area contributed by atoms with Crippen molar-refractivity contribution in [1.82, 2.24) is 4.90 Å². The SMILES string of the molecule is COC(=O)C1CCCN1Cc1ccc(OC)c(Br)c1. The van der Waals surface area contributed by atoms with Gasteiger partial charge < -0.3 is 9.47 Å². The Morgan fingerprint density at radius 3 is 2.89 bits per heavy atom. The number of ether oxygens (including phenoxy) is 2. The first-order chi connectivity index (χ1) is 9.15. The molecule has 1 aliphatic rings. The van der Waals surface area contributed by atoms with Gasteiger partial charge in [0.2, 0.25) is 0 Å². The molecule has 0 radical (unpaired) electrons. The van der Waals surface area contributed by atoms with E-state index < -0.39 is 0 Å². The number of rotatable bonds is 4. The van der Waals surface area contributed by atoms with Crippen molar-refractivity contribution in [2.45, 2.75) is 25.4 Å². The Kier molecular flexibility index (Phi) is 4.82. The maximum atomic E-state index is 11.7. The minimum absolute atomic E-state index is 0.106. The van der Waals surface area contributed by atoms with Crippen molar-refractivity contribution < 1.29 is 14.3 Å². The van der Waals surface area contributed by atoms with Crippen molar-refractivity contribution in [2.24, 2.45) is 0 Å². The minimum Gasteiger partial charge on any atom is -0.496 e. The molecule has 1 heterocycles. The van der Waals surface area contributed by atoms with Crippen LogP contribution in [0.3, 0.4) is 0 Å². The van der Waals surface area contributed by atoms with Crippen molar-refractivity contribution >= 4 is 21.9 Å². The smallest absolute Gasteiger partial charge is 0.323 e. The number of esters is 1. The average Bonchev–Trinajstić information content (AvgIpc) is 2.86. The van der Waals surface area contributed by atoms with Crippen molar-refractivity contribution in [3.8, 4) is 5.75 Å². The number of carbonyl (C=O) groups excluding carboxylic acids is 1. The quantitative estimate of drug-likeness (QED) is 0.797. The molecule has 0 saturated carbocycles. The zero-order valence-electron chi connectivity index (χ0n) is 11.2. The molecule has 0 bridgehead atoms. The van der Waals surface area contributed by atoms with Gasteiger partial charge in [-0.05, 0) is 53.0 Å². The van der Waals surface area contributed by atoms with Gasteiger partial charge in [0.15, 0.2) is 0 Å². The van der Waals surface area contributed by atoms with E-state index in [4.69, 9.17) is 9.47 Å². The van der Waals surface area contributed by atoms with Gasteiger partial charge in [0, 0.05) is 6.54 Å². The Hall–Kier alpha value is -1.07. The second-order valence-corrected chi connectivity index (χ2v) is 5.47. The van der Waals surface area contributed by atoms with Crippen LogP contribution in [0.1, 0.15) is 18.4 Å². The highest BCUT2D eigenvalue weighted by molar-refractivity contribution is 9.10. The van der Waals surface area contributed by atoms with Crippen LogP contribution >= 0.6 is 15.9 Å². The van der Waals surface area contributed by atoms with Crippen LogP contribution in [0.25, 0.3) is 0 Å². The van der Waals surface area contributed by atoms with Crippen molar-refractivity contribution in [2.75, 3.05) is 20.8 Å². The summed E-state index contributed by atoms with van der Waals surface area (Å²) >= 11 is 3.48. The van der Waals surface area contributed by atoms with E-state index in [1.807, 2.05) is 18.2 Å². The van der Waals surface area contributed by atoms with E-state index in [9.17, 15) is 4.79 Å². The molecule has 1 aliphatic heterocycles. The molecular formula is C14H18BrNO3. The highest BCUT2D eigenvalue weighted by Gasteiger charge is 2.31. The Balaban J connectivity index is 2.08. The Bertz CT molecular complexity index is 464.